The third-order valence-electron chi connectivity index (χ3n) is 4.13. The molecule has 0 radical (unpaired) electrons. The molecule has 0 atom stereocenters. The number of esters is 1. The van der Waals surface area contributed by atoms with Crippen molar-refractivity contribution in [2.24, 2.45) is 0 Å². The van der Waals surface area contributed by atoms with Gasteiger partial charge in [-0.1, -0.05) is 31.2 Å². The van der Waals surface area contributed by atoms with E-state index in [1.807, 2.05) is 37.3 Å². The summed E-state index contributed by atoms with van der Waals surface area (Å²) in [5, 5.41) is 5.88. The first-order valence-corrected chi connectivity index (χ1v) is 9.07. The van der Waals surface area contributed by atoms with Gasteiger partial charge in [-0.2, -0.15) is 0 Å². The SMILES string of the molecule is CCc1cccc(NC(=O)COC(=O)c2ccccc2NCc2ccco2)c1. The number of anilines is 2. The Hall–Kier alpha value is -3.54. The van der Waals surface area contributed by atoms with E-state index >= 15 is 0 Å². The molecule has 0 aliphatic rings. The van der Waals surface area contributed by atoms with Crippen molar-refractivity contribution in [3.8, 4) is 0 Å². The Morgan fingerprint density at radius 3 is 2.68 bits per heavy atom. The van der Waals surface area contributed by atoms with E-state index in [0.717, 1.165) is 17.7 Å². The molecular weight excluding hydrogens is 356 g/mol. The number of ether oxygens (including phenoxy) is 1. The number of amides is 1. The van der Waals surface area contributed by atoms with Crippen molar-refractivity contribution in [1.82, 2.24) is 0 Å². The molecule has 6 heteroatoms. The summed E-state index contributed by atoms with van der Waals surface area (Å²) in [6.45, 7) is 2.12. The minimum Gasteiger partial charge on any atom is -0.467 e. The lowest BCUT2D eigenvalue weighted by molar-refractivity contribution is -0.119. The summed E-state index contributed by atoms with van der Waals surface area (Å²) in [5.41, 5.74) is 2.77. The Balaban J connectivity index is 1.56. The van der Waals surface area contributed by atoms with E-state index in [0.29, 0.717) is 23.5 Å². The van der Waals surface area contributed by atoms with Crippen LogP contribution in [0.4, 0.5) is 11.4 Å². The van der Waals surface area contributed by atoms with Gasteiger partial charge in [-0.3, -0.25) is 4.79 Å². The number of benzene rings is 2. The van der Waals surface area contributed by atoms with E-state index in [-0.39, 0.29) is 12.5 Å². The first-order chi connectivity index (χ1) is 13.7. The summed E-state index contributed by atoms with van der Waals surface area (Å²) in [5.74, 6) is -0.209. The van der Waals surface area contributed by atoms with E-state index in [9.17, 15) is 9.59 Å². The van der Waals surface area contributed by atoms with Gasteiger partial charge in [-0.05, 0) is 48.4 Å². The van der Waals surface area contributed by atoms with Crippen LogP contribution in [0.25, 0.3) is 0 Å². The molecule has 0 unspecified atom stereocenters. The minimum absolute atomic E-state index is 0.356. The third-order valence-corrected chi connectivity index (χ3v) is 4.13. The summed E-state index contributed by atoms with van der Waals surface area (Å²) in [4.78, 5) is 24.5. The van der Waals surface area contributed by atoms with Crippen LogP contribution in [-0.4, -0.2) is 18.5 Å². The molecule has 1 amide bonds. The lowest BCUT2D eigenvalue weighted by atomic mass is 10.1. The maximum absolute atomic E-state index is 12.4. The molecule has 3 rings (SSSR count). The topological polar surface area (TPSA) is 80.6 Å². The van der Waals surface area contributed by atoms with Crippen LogP contribution in [0.1, 0.15) is 28.6 Å². The van der Waals surface area contributed by atoms with Crippen LogP contribution >= 0.6 is 0 Å². The first kappa shape index (κ1) is 19.2. The molecule has 0 fully saturated rings. The van der Waals surface area contributed by atoms with Gasteiger partial charge in [0.2, 0.25) is 0 Å². The van der Waals surface area contributed by atoms with Gasteiger partial charge in [0.25, 0.3) is 5.91 Å². The molecule has 1 aromatic heterocycles. The maximum atomic E-state index is 12.4. The second-order valence-electron chi connectivity index (χ2n) is 6.16. The predicted molar refractivity (Wildman–Crippen MR) is 107 cm³/mol. The molecule has 3 aromatic rings. The van der Waals surface area contributed by atoms with Gasteiger partial charge in [-0.25, -0.2) is 4.79 Å². The van der Waals surface area contributed by atoms with E-state index in [4.69, 9.17) is 9.15 Å². The molecule has 0 saturated heterocycles. The van der Waals surface area contributed by atoms with Crippen LogP contribution in [0.3, 0.4) is 0 Å². The first-order valence-electron chi connectivity index (χ1n) is 9.07. The van der Waals surface area contributed by atoms with Gasteiger partial charge < -0.3 is 19.8 Å². The Morgan fingerprint density at radius 2 is 1.89 bits per heavy atom. The van der Waals surface area contributed by atoms with Gasteiger partial charge >= 0.3 is 5.97 Å². The molecule has 2 aromatic carbocycles. The second kappa shape index (κ2) is 9.41. The van der Waals surface area contributed by atoms with Crippen molar-refractivity contribution in [2.45, 2.75) is 19.9 Å². The number of carbonyl (C=O) groups excluding carboxylic acids is 2. The zero-order valence-electron chi connectivity index (χ0n) is 15.6. The zero-order valence-corrected chi connectivity index (χ0v) is 15.6. The Bertz CT molecular complexity index is 935. The number of rotatable bonds is 8. The van der Waals surface area contributed by atoms with Crippen molar-refractivity contribution >= 4 is 23.3 Å². The predicted octanol–water partition coefficient (Wildman–Crippen LogP) is 4.25. The van der Waals surface area contributed by atoms with Gasteiger partial charge in [0.15, 0.2) is 6.61 Å². The average molecular weight is 378 g/mol. The van der Waals surface area contributed by atoms with Crippen LogP contribution < -0.4 is 10.6 Å². The van der Waals surface area contributed by atoms with E-state index in [1.54, 1.807) is 36.6 Å². The highest BCUT2D eigenvalue weighted by Gasteiger charge is 2.14. The molecule has 0 saturated carbocycles. The number of para-hydroxylation sites is 1. The largest absolute Gasteiger partial charge is 0.467 e. The fraction of sp³-hybridized carbons (Fsp3) is 0.182. The fourth-order valence-electron chi connectivity index (χ4n) is 2.69. The smallest absolute Gasteiger partial charge is 0.340 e. The minimum atomic E-state index is -0.569. The summed E-state index contributed by atoms with van der Waals surface area (Å²) in [6, 6.07) is 18.2. The molecule has 2 N–H and O–H groups in total. The Labute approximate surface area is 163 Å². The van der Waals surface area contributed by atoms with Crippen LogP contribution in [0.2, 0.25) is 0 Å². The summed E-state index contributed by atoms with van der Waals surface area (Å²) >= 11 is 0. The monoisotopic (exact) mass is 378 g/mol. The average Bonchev–Trinajstić information content (AvgIpc) is 3.24. The molecule has 28 heavy (non-hydrogen) atoms. The van der Waals surface area contributed by atoms with Crippen LogP contribution in [0, 0.1) is 0 Å². The van der Waals surface area contributed by atoms with Gasteiger partial charge in [0, 0.05) is 11.4 Å². The summed E-state index contributed by atoms with van der Waals surface area (Å²) in [6.07, 6.45) is 2.46. The molecule has 0 aliphatic heterocycles. The molecule has 1 heterocycles. The van der Waals surface area contributed by atoms with Gasteiger partial charge in [-0.15, -0.1) is 0 Å². The number of hydrogen-bond donors (Lipinski definition) is 2. The molecule has 0 bridgehead atoms. The fourth-order valence-corrected chi connectivity index (χ4v) is 2.69. The summed E-state index contributed by atoms with van der Waals surface area (Å²) in [7, 11) is 0. The van der Waals surface area contributed by atoms with Crippen molar-refractivity contribution in [1.29, 1.82) is 0 Å². The molecule has 6 nitrogen and oxygen atoms in total. The van der Waals surface area contributed by atoms with E-state index in [2.05, 4.69) is 10.6 Å². The molecular formula is C22H22N2O4. The zero-order chi connectivity index (χ0) is 19.8. The second-order valence-corrected chi connectivity index (χ2v) is 6.16. The van der Waals surface area contributed by atoms with Crippen LogP contribution in [0.5, 0.6) is 0 Å². The quantitative estimate of drug-likeness (QED) is 0.573. The third kappa shape index (κ3) is 5.23. The van der Waals surface area contributed by atoms with Gasteiger partial charge in [0.05, 0.1) is 18.4 Å². The van der Waals surface area contributed by atoms with Crippen LogP contribution in [-0.2, 0) is 22.5 Å². The van der Waals surface area contributed by atoms with Crippen LogP contribution in [0.15, 0.2) is 71.3 Å². The Kier molecular flexibility index (Phi) is 6.46. The van der Waals surface area contributed by atoms with Crippen molar-refractivity contribution in [2.75, 3.05) is 17.2 Å². The lowest BCUT2D eigenvalue weighted by Crippen LogP contribution is -2.21. The van der Waals surface area contributed by atoms with Crippen molar-refractivity contribution < 1.29 is 18.7 Å². The highest BCUT2D eigenvalue weighted by Crippen LogP contribution is 2.18. The maximum Gasteiger partial charge on any atom is 0.340 e. The normalized spacial score (nSPS) is 10.3. The number of hydrogen-bond acceptors (Lipinski definition) is 5. The van der Waals surface area contributed by atoms with Crippen molar-refractivity contribution in [3.05, 3.63) is 83.8 Å². The summed E-state index contributed by atoms with van der Waals surface area (Å²) < 4.78 is 10.5. The Morgan fingerprint density at radius 1 is 1.04 bits per heavy atom. The molecule has 0 spiro atoms. The standard InChI is InChI=1S/C22H22N2O4/c1-2-16-7-5-8-17(13-16)24-21(25)15-28-22(26)19-10-3-4-11-20(19)23-14-18-9-6-12-27-18/h3-13,23H,2,14-15H2,1H3,(H,24,25). The number of nitrogens with one attached hydrogen (secondary N) is 2. The van der Waals surface area contributed by atoms with Crippen molar-refractivity contribution in [3.63, 3.8) is 0 Å². The molecule has 144 valence electrons. The highest BCUT2D eigenvalue weighted by atomic mass is 16.5. The molecule has 0 aliphatic carbocycles. The number of aryl methyl sites for hydroxylation is 1. The van der Waals surface area contributed by atoms with E-state index in [1.165, 1.54) is 0 Å². The lowest BCUT2D eigenvalue weighted by Gasteiger charge is -2.11. The number of carbonyl (C=O) groups is 2. The van der Waals surface area contributed by atoms with E-state index < -0.39 is 5.97 Å². The number of furan rings is 1. The van der Waals surface area contributed by atoms with Gasteiger partial charge in [0.1, 0.15) is 5.76 Å². The highest BCUT2D eigenvalue weighted by molar-refractivity contribution is 5.98.